The van der Waals surface area contributed by atoms with Gasteiger partial charge in [-0.25, -0.2) is 0 Å². The van der Waals surface area contributed by atoms with E-state index in [-0.39, 0.29) is 11.7 Å². The van der Waals surface area contributed by atoms with Crippen molar-refractivity contribution in [1.82, 2.24) is 4.57 Å². The second-order valence-electron chi connectivity index (χ2n) is 12.6. The molecular weight excluding hydrogens is 613 g/mol. The molecule has 7 aromatic carbocycles. The Morgan fingerprint density at radius 3 is 1.90 bits per heavy atom. The summed E-state index contributed by atoms with van der Waals surface area (Å²) in [5.41, 5.74) is 11.2. The van der Waals surface area contributed by atoms with E-state index >= 15 is 0 Å². The van der Waals surface area contributed by atoms with Gasteiger partial charge in [0, 0.05) is 27.6 Å². The van der Waals surface area contributed by atoms with E-state index in [4.69, 9.17) is 0 Å². The molecule has 50 heavy (non-hydrogen) atoms. The van der Waals surface area contributed by atoms with Crippen molar-refractivity contribution >= 4 is 39.2 Å². The largest absolute Gasteiger partial charge is 0.321 e. The maximum absolute atomic E-state index is 14.5. The highest BCUT2D eigenvalue weighted by Gasteiger charge is 2.24. The van der Waals surface area contributed by atoms with Crippen molar-refractivity contribution in [2.75, 3.05) is 5.32 Å². The third-order valence-electron chi connectivity index (χ3n) is 9.40. The number of fused-ring (bicyclic) bond motifs is 3. The van der Waals surface area contributed by atoms with Gasteiger partial charge in [-0.3, -0.25) is 9.59 Å². The smallest absolute Gasteiger partial charge is 0.256 e. The molecule has 0 atom stereocenters. The summed E-state index contributed by atoms with van der Waals surface area (Å²) in [5, 5.41) is 5.37. The molecule has 0 radical (unpaired) electrons. The molecule has 0 aliphatic heterocycles. The van der Waals surface area contributed by atoms with Crippen LogP contribution in [0, 0.1) is 6.92 Å². The predicted octanol–water partition coefficient (Wildman–Crippen LogP) is 11.5. The van der Waals surface area contributed by atoms with E-state index in [1.165, 1.54) is 12.5 Å². The molecular formula is C46H34N2O2. The van der Waals surface area contributed by atoms with Crippen LogP contribution in [-0.2, 0) is 0 Å². The number of rotatable bonds is 7. The fourth-order valence-electron chi connectivity index (χ4n) is 7.04. The van der Waals surface area contributed by atoms with Crippen LogP contribution >= 0.6 is 0 Å². The van der Waals surface area contributed by atoms with Gasteiger partial charge < -0.3 is 9.88 Å². The Bertz CT molecular complexity index is 2550. The van der Waals surface area contributed by atoms with E-state index in [0.29, 0.717) is 22.5 Å². The summed E-state index contributed by atoms with van der Waals surface area (Å²) in [7, 11) is 0. The van der Waals surface area contributed by atoms with Gasteiger partial charge in [-0.2, -0.15) is 0 Å². The first kappa shape index (κ1) is 30.8. The number of ketones is 1. The van der Waals surface area contributed by atoms with Crippen LogP contribution in [0.1, 0.15) is 33.2 Å². The third-order valence-corrected chi connectivity index (χ3v) is 9.40. The Labute approximate surface area is 291 Å². The van der Waals surface area contributed by atoms with Crippen LogP contribution in [0.25, 0.3) is 60.9 Å². The molecule has 0 saturated heterocycles. The van der Waals surface area contributed by atoms with Crippen molar-refractivity contribution in [2.45, 2.75) is 13.8 Å². The standard InChI is InChI=1S/C46H34N2O2/c1-30-23-25-34(26-24-30)37-18-11-19-39-38-17-9-10-21-42(38)48(45(37)39)43-22-12-20-40(44(43)31(2)49)46(50)47-41-29-35(32-13-5-3-6-14-32)27-28-36(41)33-15-7-4-8-16-33/h3-29H,1-2H3,(H,47,50). The zero-order valence-corrected chi connectivity index (χ0v) is 27.9. The number of aromatic nitrogens is 1. The van der Waals surface area contributed by atoms with Gasteiger partial charge in [-0.1, -0.05) is 145 Å². The number of anilines is 1. The van der Waals surface area contributed by atoms with Crippen LogP contribution in [0.2, 0.25) is 0 Å². The maximum Gasteiger partial charge on any atom is 0.256 e. The number of nitrogens with one attached hydrogen (secondary N) is 1. The molecule has 240 valence electrons. The van der Waals surface area contributed by atoms with Crippen molar-refractivity contribution in [2.24, 2.45) is 0 Å². The van der Waals surface area contributed by atoms with E-state index in [2.05, 4.69) is 89.6 Å². The number of carbonyl (C=O) groups is 2. The lowest BCUT2D eigenvalue weighted by atomic mass is 9.97. The summed E-state index contributed by atoms with van der Waals surface area (Å²) >= 11 is 0. The van der Waals surface area contributed by atoms with Gasteiger partial charge in [0.15, 0.2) is 5.78 Å². The number of amides is 1. The number of hydrogen-bond acceptors (Lipinski definition) is 2. The minimum Gasteiger partial charge on any atom is -0.321 e. The zero-order valence-electron chi connectivity index (χ0n) is 27.9. The third kappa shape index (κ3) is 5.47. The van der Waals surface area contributed by atoms with Gasteiger partial charge >= 0.3 is 0 Å². The van der Waals surface area contributed by atoms with Gasteiger partial charge in [-0.15, -0.1) is 0 Å². The Morgan fingerprint density at radius 1 is 0.540 bits per heavy atom. The number of nitrogens with zero attached hydrogens (tertiary/aromatic N) is 1. The van der Waals surface area contributed by atoms with E-state index in [0.717, 1.165) is 55.2 Å². The highest BCUT2D eigenvalue weighted by molar-refractivity contribution is 6.18. The lowest BCUT2D eigenvalue weighted by molar-refractivity contribution is 0.0985. The number of carbonyl (C=O) groups excluding carboxylic acids is 2. The van der Waals surface area contributed by atoms with Crippen LogP contribution in [0.15, 0.2) is 164 Å². The fraction of sp³-hybridized carbons (Fsp3) is 0.0435. The minimum absolute atomic E-state index is 0.189. The monoisotopic (exact) mass is 646 g/mol. The summed E-state index contributed by atoms with van der Waals surface area (Å²) in [4.78, 5) is 28.2. The van der Waals surface area contributed by atoms with Crippen LogP contribution in [0.3, 0.4) is 0 Å². The van der Waals surface area contributed by atoms with Gasteiger partial charge in [-0.05, 0) is 60.4 Å². The normalized spacial score (nSPS) is 11.2. The lowest BCUT2D eigenvalue weighted by Crippen LogP contribution is -2.18. The van der Waals surface area contributed by atoms with Crippen LogP contribution < -0.4 is 5.32 Å². The molecule has 8 aromatic rings. The minimum atomic E-state index is -0.348. The molecule has 1 heterocycles. The van der Waals surface area contributed by atoms with Crippen LogP contribution in [0.5, 0.6) is 0 Å². The molecule has 0 aliphatic carbocycles. The molecule has 0 unspecified atom stereocenters. The maximum atomic E-state index is 14.5. The van der Waals surface area contributed by atoms with Crippen LogP contribution in [-0.4, -0.2) is 16.3 Å². The first-order valence-electron chi connectivity index (χ1n) is 16.8. The van der Waals surface area contributed by atoms with E-state index in [9.17, 15) is 9.59 Å². The zero-order chi connectivity index (χ0) is 34.2. The number of aryl methyl sites for hydroxylation is 1. The Morgan fingerprint density at radius 2 is 1.16 bits per heavy atom. The molecule has 0 fully saturated rings. The average molecular weight is 647 g/mol. The molecule has 1 amide bonds. The van der Waals surface area contributed by atoms with E-state index in [1.807, 2.05) is 84.9 Å². The Kier molecular flexibility index (Phi) is 7.90. The number of hydrogen-bond donors (Lipinski definition) is 1. The molecule has 0 bridgehead atoms. The van der Waals surface area contributed by atoms with Crippen LogP contribution in [0.4, 0.5) is 5.69 Å². The number of para-hydroxylation sites is 2. The molecule has 0 aliphatic rings. The lowest BCUT2D eigenvalue weighted by Gasteiger charge is -2.18. The number of benzene rings is 7. The molecule has 0 spiro atoms. The second kappa shape index (κ2) is 12.8. The molecule has 4 nitrogen and oxygen atoms in total. The summed E-state index contributed by atoms with van der Waals surface area (Å²) in [5.74, 6) is -0.537. The molecule has 1 aromatic heterocycles. The summed E-state index contributed by atoms with van der Waals surface area (Å²) in [6.45, 7) is 3.62. The summed E-state index contributed by atoms with van der Waals surface area (Å²) in [6, 6.07) is 54.8. The van der Waals surface area contributed by atoms with Gasteiger partial charge in [0.1, 0.15) is 0 Å². The predicted molar refractivity (Wildman–Crippen MR) is 206 cm³/mol. The topological polar surface area (TPSA) is 51.1 Å². The van der Waals surface area contributed by atoms with Gasteiger partial charge in [0.25, 0.3) is 5.91 Å². The Balaban J connectivity index is 1.31. The van der Waals surface area contributed by atoms with Crippen molar-refractivity contribution in [3.8, 4) is 39.1 Å². The summed E-state index contributed by atoms with van der Waals surface area (Å²) < 4.78 is 2.15. The average Bonchev–Trinajstić information content (AvgIpc) is 3.50. The Hall–Kier alpha value is -6.52. The highest BCUT2D eigenvalue weighted by atomic mass is 16.2. The number of Topliss-reactive ketones (excluding diaryl/α,β-unsaturated/α-hetero) is 1. The van der Waals surface area contributed by atoms with Crippen molar-refractivity contribution in [3.05, 3.63) is 180 Å². The SMILES string of the molecule is CC(=O)c1c(C(=O)Nc2cc(-c3ccccc3)ccc2-c2ccccc2)cccc1-n1c2ccccc2c2cccc(-c3ccc(C)cc3)c21. The second-order valence-corrected chi connectivity index (χ2v) is 12.6. The highest BCUT2D eigenvalue weighted by Crippen LogP contribution is 2.40. The van der Waals surface area contributed by atoms with E-state index in [1.54, 1.807) is 6.07 Å². The first-order valence-corrected chi connectivity index (χ1v) is 16.8. The van der Waals surface area contributed by atoms with Crippen molar-refractivity contribution < 1.29 is 9.59 Å². The quantitative estimate of drug-likeness (QED) is 0.175. The fourth-order valence-corrected chi connectivity index (χ4v) is 7.04. The molecule has 0 saturated carbocycles. The molecule has 8 rings (SSSR count). The van der Waals surface area contributed by atoms with Crippen molar-refractivity contribution in [1.29, 1.82) is 0 Å². The molecule has 1 N–H and O–H groups in total. The molecule has 4 heteroatoms. The van der Waals surface area contributed by atoms with Crippen molar-refractivity contribution in [3.63, 3.8) is 0 Å². The van der Waals surface area contributed by atoms with Gasteiger partial charge in [0.2, 0.25) is 0 Å². The van der Waals surface area contributed by atoms with Gasteiger partial charge in [0.05, 0.1) is 27.8 Å². The van der Waals surface area contributed by atoms with E-state index < -0.39 is 0 Å². The summed E-state index contributed by atoms with van der Waals surface area (Å²) in [6.07, 6.45) is 0. The first-order chi connectivity index (χ1) is 24.5.